The molecule has 0 aliphatic carbocycles. The average molecular weight is 483 g/mol. The van der Waals surface area contributed by atoms with Crippen LogP contribution in [0.25, 0.3) is 10.8 Å². The topological polar surface area (TPSA) is 107 Å². The Bertz CT molecular complexity index is 1500. The molecule has 4 N–H and O–H groups in total. The number of halogens is 1. The molecule has 9 heteroatoms. The fourth-order valence-corrected chi connectivity index (χ4v) is 4.32. The number of benzene rings is 2. The minimum absolute atomic E-state index is 0.148. The Morgan fingerprint density at radius 1 is 0.889 bits per heavy atom. The fourth-order valence-electron chi connectivity index (χ4n) is 4.32. The van der Waals surface area contributed by atoms with Crippen LogP contribution < -0.4 is 16.4 Å². The molecule has 182 valence electrons. The van der Waals surface area contributed by atoms with Gasteiger partial charge in [0, 0.05) is 37.1 Å². The molecule has 3 aromatic heterocycles. The molecule has 0 aliphatic rings. The summed E-state index contributed by atoms with van der Waals surface area (Å²) in [4.78, 5) is 12.4. The lowest BCUT2D eigenvalue weighted by molar-refractivity contribution is 0.619. The van der Waals surface area contributed by atoms with Gasteiger partial charge in [-0.25, -0.2) is 15.0 Å². The summed E-state index contributed by atoms with van der Waals surface area (Å²) in [6.45, 7) is 5.61. The predicted octanol–water partition coefficient (Wildman–Crippen LogP) is 4.83. The second-order valence-electron chi connectivity index (χ2n) is 8.70. The van der Waals surface area contributed by atoms with Crippen LogP contribution in [0.3, 0.4) is 0 Å². The highest BCUT2D eigenvalue weighted by atomic mass is 19.1. The molecule has 3 heterocycles. The van der Waals surface area contributed by atoms with Gasteiger partial charge in [0.25, 0.3) is 0 Å². The van der Waals surface area contributed by atoms with Crippen LogP contribution >= 0.6 is 0 Å². The summed E-state index contributed by atoms with van der Waals surface area (Å²) in [5, 5.41) is 12.4. The molecule has 0 bridgehead atoms. The second kappa shape index (κ2) is 9.99. The van der Waals surface area contributed by atoms with Crippen molar-refractivity contribution < 1.29 is 4.39 Å². The van der Waals surface area contributed by atoms with Gasteiger partial charge in [-0.3, -0.25) is 4.68 Å². The summed E-state index contributed by atoms with van der Waals surface area (Å²) < 4.78 is 17.0. The van der Waals surface area contributed by atoms with Gasteiger partial charge >= 0.3 is 0 Å². The van der Waals surface area contributed by atoms with Crippen molar-refractivity contribution >= 4 is 28.2 Å². The van der Waals surface area contributed by atoms with E-state index in [9.17, 15) is 0 Å². The van der Waals surface area contributed by atoms with Gasteiger partial charge in [-0.1, -0.05) is 24.3 Å². The number of nitrogens with zero attached hydrogens (tertiary/aromatic N) is 5. The monoisotopic (exact) mass is 482 g/mol. The van der Waals surface area contributed by atoms with Gasteiger partial charge < -0.3 is 16.4 Å². The van der Waals surface area contributed by atoms with E-state index < -0.39 is 5.82 Å². The third kappa shape index (κ3) is 4.81. The third-order valence-corrected chi connectivity index (χ3v) is 6.32. The summed E-state index contributed by atoms with van der Waals surface area (Å²) >= 11 is 0. The quantitative estimate of drug-likeness (QED) is 0.291. The average Bonchev–Trinajstić information content (AvgIpc) is 3.39. The molecule has 0 radical (unpaired) electrons. The van der Waals surface area contributed by atoms with E-state index in [0.29, 0.717) is 25.5 Å². The van der Waals surface area contributed by atoms with Crippen LogP contribution in [0, 0.1) is 19.7 Å². The molecule has 2 aromatic carbocycles. The number of nitrogen functional groups attached to an aromatic ring is 1. The van der Waals surface area contributed by atoms with Gasteiger partial charge in [0.05, 0.1) is 6.54 Å². The zero-order chi connectivity index (χ0) is 25.1. The van der Waals surface area contributed by atoms with Gasteiger partial charge in [0.2, 0.25) is 5.82 Å². The number of aromatic nitrogens is 5. The van der Waals surface area contributed by atoms with Crippen LogP contribution in [0.5, 0.6) is 0 Å². The van der Waals surface area contributed by atoms with E-state index in [0.717, 1.165) is 38.6 Å². The highest BCUT2D eigenvalue weighted by Crippen LogP contribution is 2.29. The van der Waals surface area contributed by atoms with Crippen LogP contribution in [0.4, 0.5) is 21.8 Å². The fraction of sp³-hybridized carbons (Fsp3) is 0.185. The number of fused-ring (bicyclic) bond motifs is 1. The first-order valence-corrected chi connectivity index (χ1v) is 11.7. The van der Waals surface area contributed by atoms with E-state index >= 15 is 4.39 Å². The number of aryl methyl sites for hydroxylation is 2. The number of rotatable bonds is 8. The van der Waals surface area contributed by atoms with Crippen molar-refractivity contribution in [3.05, 3.63) is 101 Å². The zero-order valence-corrected chi connectivity index (χ0v) is 20.2. The lowest BCUT2D eigenvalue weighted by Gasteiger charge is -2.16. The lowest BCUT2D eigenvalue weighted by atomic mass is 9.96. The first-order chi connectivity index (χ1) is 17.5. The van der Waals surface area contributed by atoms with E-state index in [2.05, 4.69) is 30.7 Å². The van der Waals surface area contributed by atoms with Crippen LogP contribution in [-0.4, -0.2) is 24.7 Å². The Balaban J connectivity index is 1.26. The summed E-state index contributed by atoms with van der Waals surface area (Å²) in [5.74, 6) is 0.287. The van der Waals surface area contributed by atoms with Crippen molar-refractivity contribution in [3.63, 3.8) is 0 Å². The lowest BCUT2D eigenvalue weighted by Crippen LogP contribution is -2.10. The Hall–Kier alpha value is -4.53. The maximum Gasteiger partial charge on any atom is 0.207 e. The standard InChI is InChI=1S/C27H27FN8/c1-17-12-22-21(8-10-30-25(22)29)18(2)23(17)14-32-27-24(28)26(33-16-34-27)31-13-19-4-6-20(7-5-19)15-36-11-3-9-35-36/h3-12,16H,13-15H2,1-2H3,(H2,29,30)(H2,31,32,33,34). The van der Waals surface area contributed by atoms with Crippen molar-refractivity contribution in [2.45, 2.75) is 33.5 Å². The first kappa shape index (κ1) is 23.2. The van der Waals surface area contributed by atoms with Gasteiger partial charge in [-0.15, -0.1) is 0 Å². The molecule has 0 fully saturated rings. The summed E-state index contributed by atoms with van der Waals surface area (Å²) in [6.07, 6.45) is 6.74. The molecule has 5 rings (SSSR count). The Morgan fingerprint density at radius 2 is 1.61 bits per heavy atom. The van der Waals surface area contributed by atoms with Gasteiger partial charge in [-0.2, -0.15) is 9.49 Å². The molecular weight excluding hydrogens is 455 g/mol. The zero-order valence-electron chi connectivity index (χ0n) is 20.2. The number of pyridine rings is 1. The summed E-state index contributed by atoms with van der Waals surface area (Å²) in [7, 11) is 0. The molecule has 0 saturated heterocycles. The van der Waals surface area contributed by atoms with Crippen molar-refractivity contribution in [1.82, 2.24) is 24.7 Å². The molecule has 0 atom stereocenters. The van der Waals surface area contributed by atoms with Crippen molar-refractivity contribution in [3.8, 4) is 0 Å². The van der Waals surface area contributed by atoms with E-state index in [1.165, 1.54) is 6.33 Å². The molecule has 0 saturated carbocycles. The molecule has 0 amide bonds. The largest absolute Gasteiger partial charge is 0.383 e. The molecule has 0 aliphatic heterocycles. The number of hydrogen-bond donors (Lipinski definition) is 3. The predicted molar refractivity (Wildman–Crippen MR) is 140 cm³/mol. The summed E-state index contributed by atoms with van der Waals surface area (Å²) in [5.41, 5.74) is 11.4. The molecular formula is C27H27FN8. The number of anilines is 3. The van der Waals surface area contributed by atoms with E-state index in [-0.39, 0.29) is 11.6 Å². The van der Waals surface area contributed by atoms with Gasteiger partial charge in [-0.05, 0) is 65.3 Å². The van der Waals surface area contributed by atoms with E-state index in [4.69, 9.17) is 5.73 Å². The van der Waals surface area contributed by atoms with Crippen LogP contribution in [0.1, 0.15) is 27.8 Å². The van der Waals surface area contributed by atoms with Crippen LogP contribution in [0.15, 0.2) is 67.4 Å². The molecule has 0 unspecified atom stereocenters. The normalized spacial score (nSPS) is 11.1. The maximum absolute atomic E-state index is 15.2. The van der Waals surface area contributed by atoms with Crippen molar-refractivity contribution in [2.24, 2.45) is 0 Å². The molecule has 5 aromatic rings. The van der Waals surface area contributed by atoms with Gasteiger partial charge in [0.15, 0.2) is 11.6 Å². The number of hydrogen-bond acceptors (Lipinski definition) is 7. The Labute approximate surface area is 208 Å². The van der Waals surface area contributed by atoms with Crippen LogP contribution in [0.2, 0.25) is 0 Å². The molecule has 36 heavy (non-hydrogen) atoms. The SMILES string of the molecule is Cc1cc2c(N)nccc2c(C)c1CNc1ncnc(NCc2ccc(Cn3cccn3)cc2)c1F. The van der Waals surface area contributed by atoms with E-state index in [1.54, 1.807) is 12.4 Å². The van der Waals surface area contributed by atoms with Crippen molar-refractivity contribution in [1.29, 1.82) is 0 Å². The number of nitrogens with one attached hydrogen (secondary N) is 2. The van der Waals surface area contributed by atoms with E-state index in [1.807, 2.05) is 67.2 Å². The highest BCUT2D eigenvalue weighted by Gasteiger charge is 2.14. The Morgan fingerprint density at radius 3 is 2.33 bits per heavy atom. The molecule has 0 spiro atoms. The minimum Gasteiger partial charge on any atom is -0.383 e. The van der Waals surface area contributed by atoms with Crippen LogP contribution in [-0.2, 0) is 19.6 Å². The minimum atomic E-state index is -0.516. The number of nitrogens with two attached hydrogens (primary N) is 1. The van der Waals surface area contributed by atoms with Crippen molar-refractivity contribution in [2.75, 3.05) is 16.4 Å². The highest BCUT2D eigenvalue weighted by molar-refractivity contribution is 5.94. The molecule has 8 nitrogen and oxygen atoms in total. The Kier molecular flexibility index (Phi) is 6.44. The first-order valence-electron chi connectivity index (χ1n) is 11.7. The van der Waals surface area contributed by atoms with Gasteiger partial charge in [0.1, 0.15) is 12.1 Å². The second-order valence-corrected chi connectivity index (χ2v) is 8.70. The maximum atomic E-state index is 15.2. The third-order valence-electron chi connectivity index (χ3n) is 6.32. The summed E-state index contributed by atoms with van der Waals surface area (Å²) in [6, 6.07) is 14.0. The smallest absolute Gasteiger partial charge is 0.207 e.